The van der Waals surface area contributed by atoms with Gasteiger partial charge in [0.1, 0.15) is 0 Å². The van der Waals surface area contributed by atoms with Crippen LogP contribution in [0, 0.1) is 5.92 Å². The van der Waals surface area contributed by atoms with Gasteiger partial charge in [-0.05, 0) is 25.2 Å². The standard InChI is InChI=1S/C10H21NO2/c11-7-10(12)5-6-13-8-9-3-1-2-4-9/h9-10,12H,1-8,11H2. The third-order valence-corrected chi connectivity index (χ3v) is 2.70. The van der Waals surface area contributed by atoms with E-state index >= 15 is 0 Å². The van der Waals surface area contributed by atoms with E-state index in [2.05, 4.69) is 0 Å². The SMILES string of the molecule is NCC(O)CCOCC1CCCC1. The fraction of sp³-hybridized carbons (Fsp3) is 1.00. The van der Waals surface area contributed by atoms with Crippen LogP contribution in [0.4, 0.5) is 0 Å². The third kappa shape index (κ3) is 4.60. The molecule has 0 spiro atoms. The van der Waals surface area contributed by atoms with Crippen LogP contribution >= 0.6 is 0 Å². The van der Waals surface area contributed by atoms with Gasteiger partial charge < -0.3 is 15.6 Å². The fourth-order valence-corrected chi connectivity index (χ4v) is 1.76. The molecule has 0 heterocycles. The zero-order valence-corrected chi connectivity index (χ0v) is 8.24. The topological polar surface area (TPSA) is 55.5 Å². The summed E-state index contributed by atoms with van der Waals surface area (Å²) in [6.07, 6.45) is 5.64. The minimum Gasteiger partial charge on any atom is -0.392 e. The minimum absolute atomic E-state index is 0.340. The number of rotatable bonds is 6. The molecule has 0 aromatic rings. The molecule has 3 heteroatoms. The second-order valence-electron chi connectivity index (χ2n) is 3.90. The molecule has 0 bridgehead atoms. The van der Waals surface area contributed by atoms with E-state index in [1.807, 2.05) is 0 Å². The van der Waals surface area contributed by atoms with Crippen LogP contribution in [-0.4, -0.2) is 31.0 Å². The number of hydrogen-bond donors (Lipinski definition) is 2. The number of ether oxygens (including phenoxy) is 1. The van der Waals surface area contributed by atoms with Gasteiger partial charge in [0.15, 0.2) is 0 Å². The highest BCUT2D eigenvalue weighted by molar-refractivity contribution is 4.66. The number of aliphatic hydroxyl groups is 1. The Bertz CT molecular complexity index is 124. The molecule has 3 N–H and O–H groups in total. The van der Waals surface area contributed by atoms with Crippen LogP contribution in [0.3, 0.4) is 0 Å². The fourth-order valence-electron chi connectivity index (χ4n) is 1.76. The molecule has 1 unspecified atom stereocenters. The molecule has 1 fully saturated rings. The Morgan fingerprint density at radius 2 is 2.08 bits per heavy atom. The Balaban J connectivity index is 1.88. The first-order chi connectivity index (χ1) is 6.33. The smallest absolute Gasteiger partial charge is 0.0684 e. The van der Waals surface area contributed by atoms with E-state index in [1.165, 1.54) is 25.7 Å². The van der Waals surface area contributed by atoms with E-state index in [9.17, 15) is 0 Å². The van der Waals surface area contributed by atoms with Crippen molar-refractivity contribution in [3.05, 3.63) is 0 Å². The second-order valence-corrected chi connectivity index (χ2v) is 3.90. The van der Waals surface area contributed by atoms with E-state index in [-0.39, 0.29) is 6.10 Å². The summed E-state index contributed by atoms with van der Waals surface area (Å²) >= 11 is 0. The number of hydrogen-bond acceptors (Lipinski definition) is 3. The van der Waals surface area contributed by atoms with E-state index in [1.54, 1.807) is 0 Å². The van der Waals surface area contributed by atoms with Gasteiger partial charge in [-0.1, -0.05) is 12.8 Å². The summed E-state index contributed by atoms with van der Waals surface area (Å²) in [5.41, 5.74) is 5.27. The lowest BCUT2D eigenvalue weighted by atomic mass is 10.1. The molecular formula is C10H21NO2. The van der Waals surface area contributed by atoms with Crippen LogP contribution in [0.2, 0.25) is 0 Å². The summed E-state index contributed by atoms with van der Waals surface area (Å²) in [5.74, 6) is 0.773. The zero-order chi connectivity index (χ0) is 9.52. The van der Waals surface area contributed by atoms with Crippen LogP contribution in [0.5, 0.6) is 0 Å². The molecular weight excluding hydrogens is 166 g/mol. The van der Waals surface area contributed by atoms with Crippen LogP contribution in [-0.2, 0) is 4.74 Å². The van der Waals surface area contributed by atoms with Crippen molar-refractivity contribution >= 4 is 0 Å². The first kappa shape index (κ1) is 11.0. The molecule has 1 aliphatic rings. The first-order valence-corrected chi connectivity index (χ1v) is 5.29. The molecule has 0 radical (unpaired) electrons. The van der Waals surface area contributed by atoms with Gasteiger partial charge in [-0.25, -0.2) is 0 Å². The molecule has 0 amide bonds. The summed E-state index contributed by atoms with van der Waals surface area (Å²) in [5, 5.41) is 9.14. The summed E-state index contributed by atoms with van der Waals surface area (Å²) < 4.78 is 5.47. The van der Waals surface area contributed by atoms with E-state index in [4.69, 9.17) is 15.6 Å². The predicted octanol–water partition coefficient (Wildman–Crippen LogP) is 0.903. The average molecular weight is 187 g/mol. The summed E-state index contributed by atoms with van der Waals surface area (Å²) in [4.78, 5) is 0. The van der Waals surface area contributed by atoms with Crippen molar-refractivity contribution in [2.24, 2.45) is 11.7 Å². The summed E-state index contributed by atoms with van der Waals surface area (Å²) in [6.45, 7) is 1.86. The Morgan fingerprint density at radius 1 is 1.38 bits per heavy atom. The first-order valence-electron chi connectivity index (χ1n) is 5.29. The van der Waals surface area contributed by atoms with Gasteiger partial charge in [0.2, 0.25) is 0 Å². The van der Waals surface area contributed by atoms with Crippen LogP contribution in [0.1, 0.15) is 32.1 Å². The molecule has 0 saturated heterocycles. The summed E-state index contributed by atoms with van der Waals surface area (Å²) in [6, 6.07) is 0. The van der Waals surface area contributed by atoms with Crippen molar-refractivity contribution < 1.29 is 9.84 Å². The quantitative estimate of drug-likeness (QED) is 0.607. The highest BCUT2D eigenvalue weighted by Gasteiger charge is 2.14. The molecule has 0 aromatic carbocycles. The molecule has 1 atom stereocenters. The average Bonchev–Trinajstić information content (AvgIpc) is 2.64. The molecule has 1 rings (SSSR count). The van der Waals surface area contributed by atoms with Crippen molar-refractivity contribution in [3.8, 4) is 0 Å². The highest BCUT2D eigenvalue weighted by atomic mass is 16.5. The van der Waals surface area contributed by atoms with Crippen LogP contribution in [0.25, 0.3) is 0 Å². The van der Waals surface area contributed by atoms with E-state index in [0.717, 1.165) is 12.5 Å². The van der Waals surface area contributed by atoms with Gasteiger partial charge in [0.25, 0.3) is 0 Å². The Labute approximate surface area is 80.3 Å². The molecule has 0 aliphatic heterocycles. The lowest BCUT2D eigenvalue weighted by molar-refractivity contribution is 0.0663. The van der Waals surface area contributed by atoms with Crippen molar-refractivity contribution in [2.45, 2.75) is 38.2 Å². The van der Waals surface area contributed by atoms with Gasteiger partial charge in [-0.3, -0.25) is 0 Å². The van der Waals surface area contributed by atoms with Crippen LogP contribution in [0.15, 0.2) is 0 Å². The normalized spacial score (nSPS) is 20.8. The molecule has 13 heavy (non-hydrogen) atoms. The Kier molecular flexibility index (Phi) is 5.35. The van der Waals surface area contributed by atoms with Gasteiger partial charge in [-0.2, -0.15) is 0 Å². The number of aliphatic hydroxyl groups excluding tert-OH is 1. The largest absolute Gasteiger partial charge is 0.392 e. The zero-order valence-electron chi connectivity index (χ0n) is 8.24. The van der Waals surface area contributed by atoms with Crippen LogP contribution < -0.4 is 5.73 Å². The maximum atomic E-state index is 9.14. The van der Waals surface area contributed by atoms with E-state index < -0.39 is 0 Å². The second kappa shape index (κ2) is 6.35. The molecule has 1 aliphatic carbocycles. The molecule has 0 aromatic heterocycles. The highest BCUT2D eigenvalue weighted by Crippen LogP contribution is 2.24. The Morgan fingerprint density at radius 3 is 2.69 bits per heavy atom. The Hall–Kier alpha value is -0.120. The van der Waals surface area contributed by atoms with Crippen molar-refractivity contribution in [1.82, 2.24) is 0 Å². The van der Waals surface area contributed by atoms with Gasteiger partial charge in [0, 0.05) is 19.8 Å². The minimum atomic E-state index is -0.386. The molecule has 78 valence electrons. The maximum absolute atomic E-state index is 9.14. The lowest BCUT2D eigenvalue weighted by Gasteiger charge is -2.11. The van der Waals surface area contributed by atoms with Crippen molar-refractivity contribution in [3.63, 3.8) is 0 Å². The lowest BCUT2D eigenvalue weighted by Crippen LogP contribution is -2.21. The molecule has 1 saturated carbocycles. The monoisotopic (exact) mass is 187 g/mol. The maximum Gasteiger partial charge on any atom is 0.0684 e. The number of nitrogens with two attached hydrogens (primary N) is 1. The van der Waals surface area contributed by atoms with Gasteiger partial charge in [0.05, 0.1) is 6.10 Å². The summed E-state index contributed by atoms with van der Waals surface area (Å²) in [7, 11) is 0. The van der Waals surface area contributed by atoms with Crippen molar-refractivity contribution in [2.75, 3.05) is 19.8 Å². The van der Waals surface area contributed by atoms with Gasteiger partial charge >= 0.3 is 0 Å². The van der Waals surface area contributed by atoms with Gasteiger partial charge in [-0.15, -0.1) is 0 Å². The van der Waals surface area contributed by atoms with Crippen molar-refractivity contribution in [1.29, 1.82) is 0 Å². The predicted molar refractivity (Wildman–Crippen MR) is 52.5 cm³/mol. The third-order valence-electron chi connectivity index (χ3n) is 2.70. The van der Waals surface area contributed by atoms with E-state index in [0.29, 0.717) is 19.6 Å². The molecule has 3 nitrogen and oxygen atoms in total.